The van der Waals surface area contributed by atoms with Crippen molar-refractivity contribution >= 4 is 21.5 Å². The number of fused-ring (bicyclic) bond motifs is 3. The first-order valence-electron chi connectivity index (χ1n) is 5.30. The summed E-state index contributed by atoms with van der Waals surface area (Å²) in [4.78, 5) is 0. The molecule has 0 atom stereocenters. The van der Waals surface area contributed by atoms with E-state index in [2.05, 4.69) is 56.3 Å². The van der Waals surface area contributed by atoms with Crippen molar-refractivity contribution in [2.24, 2.45) is 0 Å². The summed E-state index contributed by atoms with van der Waals surface area (Å²) in [6.45, 7) is 4.29. The molecule has 0 aliphatic carbocycles. The van der Waals surface area contributed by atoms with Crippen LogP contribution < -0.4 is 0 Å². The minimum Gasteiger partial charge on any atom is -0.126 e. The third kappa shape index (κ3) is 1.78. The number of benzene rings is 2. The zero-order valence-corrected chi connectivity index (χ0v) is 13.1. The maximum Gasteiger partial charge on any atom is 0 e. The van der Waals surface area contributed by atoms with Gasteiger partial charge in [-0.15, -0.1) is 39.7 Å². The van der Waals surface area contributed by atoms with Gasteiger partial charge in [0.2, 0.25) is 0 Å². The predicted molar refractivity (Wildman–Crippen MR) is 66.5 cm³/mol. The molecular formula is C15H13Hf-. The second-order valence-electron chi connectivity index (χ2n) is 4.33. The van der Waals surface area contributed by atoms with Crippen molar-refractivity contribution in [1.82, 2.24) is 0 Å². The fourth-order valence-corrected chi connectivity index (χ4v) is 2.23. The van der Waals surface area contributed by atoms with Crippen LogP contribution >= 0.6 is 0 Å². The van der Waals surface area contributed by atoms with E-state index < -0.39 is 0 Å². The number of hydrogen-bond acceptors (Lipinski definition) is 0. The minimum atomic E-state index is 0. The summed E-state index contributed by atoms with van der Waals surface area (Å²) in [6.07, 6.45) is 0. The first-order chi connectivity index (χ1) is 7.24. The van der Waals surface area contributed by atoms with Gasteiger partial charge in [0.25, 0.3) is 0 Å². The average molecular weight is 372 g/mol. The van der Waals surface area contributed by atoms with Gasteiger partial charge in [0.05, 0.1) is 0 Å². The normalized spacial score (nSPS) is 10.6. The standard InChI is InChI=1S/C15H13.Hf/c1-10-3-5-12-9-13-6-4-11(2)8-15(13)14(12)7-10;/h3-9H,1-2H3;/q-1;. The van der Waals surface area contributed by atoms with E-state index in [-0.39, 0.29) is 25.8 Å². The number of hydrogen-bond donors (Lipinski definition) is 0. The molecule has 3 rings (SSSR count). The van der Waals surface area contributed by atoms with Crippen LogP contribution in [0.15, 0.2) is 42.5 Å². The van der Waals surface area contributed by atoms with Gasteiger partial charge in [-0.3, -0.25) is 0 Å². The Morgan fingerprint density at radius 2 is 1.19 bits per heavy atom. The van der Waals surface area contributed by atoms with Crippen molar-refractivity contribution in [3.63, 3.8) is 0 Å². The van der Waals surface area contributed by atoms with E-state index in [1.54, 1.807) is 0 Å². The zero-order chi connectivity index (χ0) is 10.4. The zero-order valence-electron chi connectivity index (χ0n) is 9.54. The summed E-state index contributed by atoms with van der Waals surface area (Å²) < 4.78 is 0. The summed E-state index contributed by atoms with van der Waals surface area (Å²) in [5, 5.41) is 5.46. The molecule has 3 aromatic carbocycles. The van der Waals surface area contributed by atoms with Gasteiger partial charge in [-0.05, 0) is 13.8 Å². The van der Waals surface area contributed by atoms with E-state index >= 15 is 0 Å². The molecule has 0 aromatic heterocycles. The molecule has 0 saturated heterocycles. The van der Waals surface area contributed by atoms with E-state index in [0.717, 1.165) is 0 Å². The van der Waals surface area contributed by atoms with Gasteiger partial charge in [-0.2, -0.15) is 0 Å². The molecule has 0 aliphatic heterocycles. The second-order valence-corrected chi connectivity index (χ2v) is 4.33. The van der Waals surface area contributed by atoms with Crippen LogP contribution in [0, 0.1) is 13.8 Å². The molecule has 0 unspecified atom stereocenters. The molecule has 0 fully saturated rings. The third-order valence-electron chi connectivity index (χ3n) is 3.02. The Balaban J connectivity index is 0.000000963. The van der Waals surface area contributed by atoms with Gasteiger partial charge < -0.3 is 0 Å². The van der Waals surface area contributed by atoms with E-state index in [1.165, 1.54) is 32.7 Å². The Bertz CT molecular complexity index is 591. The first-order valence-corrected chi connectivity index (χ1v) is 5.30. The smallest absolute Gasteiger partial charge is 0 e. The second kappa shape index (κ2) is 4.21. The topological polar surface area (TPSA) is 0 Å². The molecule has 0 bridgehead atoms. The van der Waals surface area contributed by atoms with Crippen LogP contribution in [0.2, 0.25) is 0 Å². The molecule has 0 saturated carbocycles. The Morgan fingerprint density at radius 3 is 1.62 bits per heavy atom. The Kier molecular flexibility index (Phi) is 3.07. The van der Waals surface area contributed by atoms with Crippen molar-refractivity contribution in [3.05, 3.63) is 53.6 Å². The monoisotopic (exact) mass is 373 g/mol. The van der Waals surface area contributed by atoms with Gasteiger partial charge in [-0.25, -0.2) is 0 Å². The predicted octanol–water partition coefficient (Wildman–Crippen LogP) is 4.33. The summed E-state index contributed by atoms with van der Waals surface area (Å²) in [5.74, 6) is 0. The molecule has 0 radical (unpaired) electrons. The van der Waals surface area contributed by atoms with Crippen LogP contribution in [0.4, 0.5) is 0 Å². The van der Waals surface area contributed by atoms with Crippen LogP contribution in [0.1, 0.15) is 11.1 Å². The third-order valence-corrected chi connectivity index (χ3v) is 3.02. The summed E-state index contributed by atoms with van der Waals surface area (Å²) in [5.41, 5.74) is 2.66. The first kappa shape index (κ1) is 11.7. The van der Waals surface area contributed by atoms with Gasteiger partial charge in [0, 0.05) is 25.8 Å². The van der Waals surface area contributed by atoms with Crippen molar-refractivity contribution in [2.75, 3.05) is 0 Å². The molecule has 1 heteroatoms. The Labute approximate surface area is 114 Å². The van der Waals surface area contributed by atoms with Crippen LogP contribution in [-0.2, 0) is 25.8 Å². The molecule has 78 valence electrons. The molecule has 0 amide bonds. The molecule has 16 heavy (non-hydrogen) atoms. The largest absolute Gasteiger partial charge is 0.126 e. The van der Waals surface area contributed by atoms with Gasteiger partial charge in [-0.1, -0.05) is 35.4 Å². The Hall–Kier alpha value is -0.820. The van der Waals surface area contributed by atoms with E-state index in [4.69, 9.17) is 0 Å². The van der Waals surface area contributed by atoms with Crippen molar-refractivity contribution in [3.8, 4) is 0 Å². The molecule has 0 heterocycles. The fraction of sp³-hybridized carbons (Fsp3) is 0.133. The number of rotatable bonds is 0. The summed E-state index contributed by atoms with van der Waals surface area (Å²) in [6, 6.07) is 15.6. The van der Waals surface area contributed by atoms with E-state index in [0.29, 0.717) is 0 Å². The molecular weight excluding hydrogens is 359 g/mol. The SMILES string of the molecule is Cc1ccc2[cH-]c3ccc(C)cc3c2c1.[Hf]. The van der Waals surface area contributed by atoms with Crippen LogP contribution in [0.25, 0.3) is 21.5 Å². The van der Waals surface area contributed by atoms with Crippen molar-refractivity contribution in [2.45, 2.75) is 13.8 Å². The Morgan fingerprint density at radius 1 is 0.750 bits per heavy atom. The van der Waals surface area contributed by atoms with Crippen molar-refractivity contribution in [1.29, 1.82) is 0 Å². The van der Waals surface area contributed by atoms with Gasteiger partial charge in [0.1, 0.15) is 0 Å². The van der Waals surface area contributed by atoms with Crippen LogP contribution in [-0.4, -0.2) is 0 Å². The molecule has 0 N–H and O–H groups in total. The quantitative estimate of drug-likeness (QED) is 0.408. The number of aryl methyl sites for hydroxylation is 2. The maximum atomic E-state index is 2.27. The summed E-state index contributed by atoms with van der Waals surface area (Å²) in [7, 11) is 0. The van der Waals surface area contributed by atoms with Crippen LogP contribution in [0.5, 0.6) is 0 Å². The van der Waals surface area contributed by atoms with Crippen molar-refractivity contribution < 1.29 is 25.8 Å². The van der Waals surface area contributed by atoms with Gasteiger partial charge in [0.15, 0.2) is 0 Å². The molecule has 0 spiro atoms. The van der Waals surface area contributed by atoms with Crippen LogP contribution in [0.3, 0.4) is 0 Å². The van der Waals surface area contributed by atoms with E-state index in [9.17, 15) is 0 Å². The molecule has 0 aliphatic rings. The minimum absolute atomic E-state index is 0. The fourth-order valence-electron chi connectivity index (χ4n) is 2.23. The summed E-state index contributed by atoms with van der Waals surface area (Å²) >= 11 is 0. The molecule has 0 nitrogen and oxygen atoms in total. The average Bonchev–Trinajstić information content (AvgIpc) is 2.56. The van der Waals surface area contributed by atoms with E-state index in [1.807, 2.05) is 0 Å². The van der Waals surface area contributed by atoms with Gasteiger partial charge >= 0.3 is 0 Å². The molecule has 3 aromatic rings. The maximum absolute atomic E-state index is 2.27.